The highest BCUT2D eigenvalue weighted by molar-refractivity contribution is 7.99. The SMILES string of the molecule is CCC[C@@H]1C[C@@H](C(=O)N[C@@H]([C@H]2O[C@H](SC)[C@H](Cl)[C@@H](Cl)[C@@H]2O)[C@H](C)Cl)N(C)C1. The van der Waals surface area contributed by atoms with E-state index in [1.165, 1.54) is 11.8 Å². The molecule has 2 rings (SSSR count). The number of amides is 1. The maximum Gasteiger partial charge on any atom is 0.237 e. The molecule has 2 aliphatic heterocycles. The van der Waals surface area contributed by atoms with Crippen LogP contribution in [0.15, 0.2) is 0 Å². The number of carbonyl (C=O) groups is 1. The van der Waals surface area contributed by atoms with E-state index in [1.54, 1.807) is 6.92 Å². The van der Waals surface area contributed by atoms with Gasteiger partial charge in [0.2, 0.25) is 5.91 Å². The monoisotopic (exact) mass is 460 g/mol. The Morgan fingerprint density at radius 3 is 2.63 bits per heavy atom. The summed E-state index contributed by atoms with van der Waals surface area (Å²) in [6.45, 7) is 4.86. The fourth-order valence-electron chi connectivity index (χ4n) is 4.06. The van der Waals surface area contributed by atoms with E-state index < -0.39 is 34.4 Å². The number of hydrogen-bond donors (Lipinski definition) is 2. The highest BCUT2D eigenvalue weighted by atomic mass is 35.5. The van der Waals surface area contributed by atoms with Crippen LogP contribution in [-0.2, 0) is 9.53 Å². The van der Waals surface area contributed by atoms with Crippen molar-refractivity contribution in [3.63, 3.8) is 0 Å². The van der Waals surface area contributed by atoms with Gasteiger partial charge in [-0.1, -0.05) is 13.3 Å². The topological polar surface area (TPSA) is 61.8 Å². The van der Waals surface area contributed by atoms with Gasteiger partial charge in [-0.15, -0.1) is 46.6 Å². The molecule has 2 heterocycles. The van der Waals surface area contributed by atoms with Crippen LogP contribution < -0.4 is 5.32 Å². The molecule has 2 N–H and O–H groups in total. The number of likely N-dealkylation sites (N-methyl/N-ethyl adjacent to an activating group) is 1. The third-order valence-corrected chi connectivity index (χ3v) is 7.99. The Morgan fingerprint density at radius 2 is 2.07 bits per heavy atom. The number of ether oxygens (including phenoxy) is 1. The molecule has 0 spiro atoms. The molecule has 5 nitrogen and oxygen atoms in total. The first-order chi connectivity index (χ1) is 12.7. The lowest BCUT2D eigenvalue weighted by atomic mass is 9.95. The van der Waals surface area contributed by atoms with E-state index in [0.717, 1.165) is 25.8 Å². The summed E-state index contributed by atoms with van der Waals surface area (Å²) in [5.74, 6) is 0.452. The van der Waals surface area contributed by atoms with Crippen LogP contribution in [-0.4, -0.2) is 81.6 Å². The number of carbonyl (C=O) groups excluding carboxylic acids is 1. The van der Waals surface area contributed by atoms with E-state index in [2.05, 4.69) is 17.1 Å². The summed E-state index contributed by atoms with van der Waals surface area (Å²) in [6, 6.07) is -0.753. The summed E-state index contributed by atoms with van der Waals surface area (Å²) < 4.78 is 5.99. The Balaban J connectivity index is 2.09. The minimum atomic E-state index is -1.02. The van der Waals surface area contributed by atoms with Gasteiger partial charge in [0, 0.05) is 6.54 Å². The first-order valence-corrected chi connectivity index (χ1v) is 12.1. The third-order valence-electron chi connectivity index (χ3n) is 5.54. The molecule has 0 aromatic heterocycles. The lowest BCUT2D eigenvalue weighted by Crippen LogP contribution is -2.63. The van der Waals surface area contributed by atoms with Crippen LogP contribution in [0, 0.1) is 5.92 Å². The van der Waals surface area contributed by atoms with Crippen molar-refractivity contribution in [1.29, 1.82) is 0 Å². The molecule has 9 heteroatoms. The zero-order valence-corrected chi connectivity index (χ0v) is 19.4. The number of nitrogens with zero attached hydrogens (tertiary/aromatic N) is 1. The minimum absolute atomic E-state index is 0.0794. The zero-order valence-electron chi connectivity index (χ0n) is 16.3. The van der Waals surface area contributed by atoms with Crippen LogP contribution in [0.1, 0.15) is 33.1 Å². The van der Waals surface area contributed by atoms with E-state index in [9.17, 15) is 9.90 Å². The molecular formula is C18H31Cl3N2O3S. The molecular weight excluding hydrogens is 431 g/mol. The van der Waals surface area contributed by atoms with E-state index in [0.29, 0.717) is 5.92 Å². The second-order valence-corrected chi connectivity index (χ2v) is 10.3. The summed E-state index contributed by atoms with van der Waals surface area (Å²) in [5.41, 5.74) is -0.375. The standard InChI is InChI=1S/C18H31Cl3N2O3S/c1-5-6-10-7-11(23(3)8-10)17(25)22-14(9(2)19)16-15(24)12(20)13(21)18(26-16)27-4/h9-16,18,24H,5-8H2,1-4H3,(H,22,25)/t9-,10+,11-,12+,13+,14+,15-,16+,18+/m0/s1. The molecule has 2 saturated heterocycles. The predicted molar refractivity (Wildman–Crippen MR) is 114 cm³/mol. The number of likely N-dealkylation sites (tertiary alicyclic amines) is 1. The lowest BCUT2D eigenvalue weighted by molar-refractivity contribution is -0.131. The number of aliphatic hydroxyl groups is 1. The number of halogens is 3. The first-order valence-electron chi connectivity index (χ1n) is 9.50. The van der Waals surface area contributed by atoms with Gasteiger partial charge in [0.05, 0.1) is 28.2 Å². The molecule has 0 saturated carbocycles. The third kappa shape index (κ3) is 5.59. The van der Waals surface area contributed by atoms with Crippen LogP contribution in [0.4, 0.5) is 0 Å². The molecule has 2 aliphatic rings. The second kappa shape index (κ2) is 10.6. The second-order valence-electron chi connectivity index (χ2n) is 7.64. The van der Waals surface area contributed by atoms with E-state index in [-0.39, 0.29) is 17.4 Å². The Morgan fingerprint density at radius 1 is 1.41 bits per heavy atom. The van der Waals surface area contributed by atoms with Crippen LogP contribution >= 0.6 is 46.6 Å². The molecule has 0 aromatic carbocycles. The Hall–Kier alpha value is 0.570. The van der Waals surface area contributed by atoms with Crippen molar-refractivity contribution in [2.75, 3.05) is 19.8 Å². The van der Waals surface area contributed by atoms with Crippen molar-refractivity contribution in [2.24, 2.45) is 5.92 Å². The maximum absolute atomic E-state index is 13.0. The van der Waals surface area contributed by atoms with Crippen LogP contribution in [0.2, 0.25) is 0 Å². The van der Waals surface area contributed by atoms with Crippen molar-refractivity contribution in [3.8, 4) is 0 Å². The molecule has 9 atom stereocenters. The van der Waals surface area contributed by atoms with Gasteiger partial charge in [-0.3, -0.25) is 9.69 Å². The highest BCUT2D eigenvalue weighted by Crippen LogP contribution is 2.36. The van der Waals surface area contributed by atoms with E-state index >= 15 is 0 Å². The van der Waals surface area contributed by atoms with Crippen molar-refractivity contribution in [2.45, 2.75) is 79.0 Å². The number of aliphatic hydroxyl groups excluding tert-OH is 1. The highest BCUT2D eigenvalue weighted by Gasteiger charge is 2.48. The Bertz CT molecular complexity index is 500. The van der Waals surface area contributed by atoms with Gasteiger partial charge in [-0.25, -0.2) is 0 Å². The Labute approximate surface area is 181 Å². The Kier molecular flexibility index (Phi) is 9.32. The molecule has 158 valence electrons. The van der Waals surface area contributed by atoms with Crippen LogP contribution in [0.25, 0.3) is 0 Å². The summed E-state index contributed by atoms with van der Waals surface area (Å²) in [5, 5.41) is 12.0. The summed E-state index contributed by atoms with van der Waals surface area (Å²) in [4.78, 5) is 15.0. The van der Waals surface area contributed by atoms with Gasteiger partial charge in [0.1, 0.15) is 17.6 Å². The van der Waals surface area contributed by atoms with Crippen molar-refractivity contribution < 1.29 is 14.6 Å². The van der Waals surface area contributed by atoms with E-state index in [1.807, 2.05) is 13.3 Å². The molecule has 0 aliphatic carbocycles. The average Bonchev–Trinajstić information content (AvgIpc) is 2.99. The van der Waals surface area contributed by atoms with Crippen LogP contribution in [0.5, 0.6) is 0 Å². The zero-order chi connectivity index (χ0) is 20.3. The minimum Gasteiger partial charge on any atom is -0.389 e. The average molecular weight is 462 g/mol. The molecule has 1 amide bonds. The largest absolute Gasteiger partial charge is 0.389 e. The summed E-state index contributed by atoms with van der Waals surface area (Å²) in [7, 11) is 1.97. The van der Waals surface area contributed by atoms with Gasteiger partial charge in [0.25, 0.3) is 0 Å². The first kappa shape index (κ1) is 23.8. The number of thioether (sulfide) groups is 1. The van der Waals surface area contributed by atoms with Gasteiger partial charge < -0.3 is 15.2 Å². The lowest BCUT2D eigenvalue weighted by Gasteiger charge is -2.43. The smallest absolute Gasteiger partial charge is 0.237 e. The molecule has 0 bridgehead atoms. The van der Waals surface area contributed by atoms with Crippen molar-refractivity contribution in [1.82, 2.24) is 10.2 Å². The maximum atomic E-state index is 13.0. The van der Waals surface area contributed by atoms with Gasteiger partial charge in [-0.05, 0) is 39.0 Å². The van der Waals surface area contributed by atoms with Crippen molar-refractivity contribution >= 4 is 52.5 Å². The number of hydrogen-bond acceptors (Lipinski definition) is 5. The number of nitrogens with one attached hydrogen (secondary N) is 1. The molecule has 27 heavy (non-hydrogen) atoms. The van der Waals surface area contributed by atoms with E-state index in [4.69, 9.17) is 39.5 Å². The number of rotatable bonds is 7. The normalized spacial score (nSPS) is 39.9. The van der Waals surface area contributed by atoms with Gasteiger partial charge in [-0.2, -0.15) is 0 Å². The van der Waals surface area contributed by atoms with Gasteiger partial charge in [0.15, 0.2) is 0 Å². The summed E-state index contributed by atoms with van der Waals surface area (Å²) in [6.07, 6.45) is 3.21. The fourth-order valence-corrected chi connectivity index (χ4v) is 5.81. The van der Waals surface area contributed by atoms with Crippen LogP contribution in [0.3, 0.4) is 0 Å². The van der Waals surface area contributed by atoms with Crippen molar-refractivity contribution in [3.05, 3.63) is 0 Å². The number of alkyl halides is 3. The fraction of sp³-hybridized carbons (Fsp3) is 0.944. The molecule has 0 aromatic rings. The van der Waals surface area contributed by atoms with Gasteiger partial charge >= 0.3 is 0 Å². The quantitative estimate of drug-likeness (QED) is 0.571. The molecule has 2 fully saturated rings. The molecule has 0 unspecified atom stereocenters. The predicted octanol–water partition coefficient (Wildman–Crippen LogP) is 2.88. The summed E-state index contributed by atoms with van der Waals surface area (Å²) >= 11 is 20.4. The molecule has 0 radical (unpaired) electrons.